The number of anilines is 1. The van der Waals surface area contributed by atoms with Crippen molar-refractivity contribution in [3.8, 4) is 6.07 Å². The normalized spacial score (nSPS) is 10.6. The van der Waals surface area contributed by atoms with E-state index < -0.39 is 0 Å². The van der Waals surface area contributed by atoms with Crippen LogP contribution in [0.2, 0.25) is 0 Å². The van der Waals surface area contributed by atoms with Crippen LogP contribution in [0.15, 0.2) is 29.4 Å². The van der Waals surface area contributed by atoms with Gasteiger partial charge in [0, 0.05) is 22.6 Å². The van der Waals surface area contributed by atoms with E-state index in [9.17, 15) is 4.79 Å². The average Bonchev–Trinajstić information content (AvgIpc) is 3.02. The predicted molar refractivity (Wildman–Crippen MR) is 95.5 cm³/mol. The molecule has 3 aromatic rings. The summed E-state index contributed by atoms with van der Waals surface area (Å²) in [6, 6.07) is 8.87. The third-order valence-electron chi connectivity index (χ3n) is 3.82. The van der Waals surface area contributed by atoms with E-state index >= 15 is 0 Å². The molecule has 2 heterocycles. The Bertz CT molecular complexity index is 1000. The first kappa shape index (κ1) is 16.9. The van der Waals surface area contributed by atoms with Gasteiger partial charge in [-0.25, -0.2) is 9.50 Å². The molecule has 0 fully saturated rings. The number of nitrogens with zero attached hydrogens (tertiary/aromatic N) is 5. The van der Waals surface area contributed by atoms with E-state index in [1.807, 2.05) is 20.1 Å². The van der Waals surface area contributed by atoms with Crippen molar-refractivity contribution in [3.63, 3.8) is 0 Å². The SMILES string of the molecule is CSc1nc2nc(C)c(CC(=O)Nc3cccc(C#N)c3)c(C)n2n1. The van der Waals surface area contributed by atoms with E-state index in [0.717, 1.165) is 17.0 Å². The van der Waals surface area contributed by atoms with Gasteiger partial charge < -0.3 is 5.32 Å². The summed E-state index contributed by atoms with van der Waals surface area (Å²) in [6.45, 7) is 3.76. The number of amides is 1. The second-order valence-electron chi connectivity index (χ2n) is 5.49. The van der Waals surface area contributed by atoms with Crippen LogP contribution < -0.4 is 5.32 Å². The van der Waals surface area contributed by atoms with Crippen molar-refractivity contribution < 1.29 is 4.79 Å². The fraction of sp³-hybridized carbons (Fsp3) is 0.235. The number of aryl methyl sites for hydroxylation is 2. The first-order valence-electron chi connectivity index (χ1n) is 7.58. The molecule has 0 aliphatic heterocycles. The maximum atomic E-state index is 12.4. The molecule has 126 valence electrons. The Morgan fingerprint density at radius 1 is 1.36 bits per heavy atom. The highest BCUT2D eigenvalue weighted by Gasteiger charge is 2.16. The van der Waals surface area contributed by atoms with Gasteiger partial charge in [0.05, 0.1) is 18.1 Å². The van der Waals surface area contributed by atoms with E-state index in [1.54, 1.807) is 28.8 Å². The van der Waals surface area contributed by atoms with Crippen molar-refractivity contribution >= 4 is 29.1 Å². The van der Waals surface area contributed by atoms with Gasteiger partial charge in [0.2, 0.25) is 11.1 Å². The highest BCUT2D eigenvalue weighted by molar-refractivity contribution is 7.98. The lowest BCUT2D eigenvalue weighted by atomic mass is 10.1. The third-order valence-corrected chi connectivity index (χ3v) is 4.36. The lowest BCUT2D eigenvalue weighted by Gasteiger charge is -2.11. The molecule has 0 atom stereocenters. The summed E-state index contributed by atoms with van der Waals surface area (Å²) in [5.74, 6) is 0.359. The summed E-state index contributed by atoms with van der Waals surface area (Å²) in [5, 5.41) is 16.8. The number of benzene rings is 1. The molecule has 0 saturated heterocycles. The molecule has 2 aromatic heterocycles. The molecule has 0 unspecified atom stereocenters. The summed E-state index contributed by atoms with van der Waals surface area (Å²) in [4.78, 5) is 21.2. The minimum Gasteiger partial charge on any atom is -0.326 e. The first-order valence-corrected chi connectivity index (χ1v) is 8.81. The number of aromatic nitrogens is 4. The van der Waals surface area contributed by atoms with Gasteiger partial charge in [-0.3, -0.25) is 4.79 Å². The van der Waals surface area contributed by atoms with Gasteiger partial charge in [-0.05, 0) is 38.3 Å². The van der Waals surface area contributed by atoms with Crippen molar-refractivity contribution in [2.24, 2.45) is 0 Å². The third kappa shape index (κ3) is 3.46. The summed E-state index contributed by atoms with van der Waals surface area (Å²) in [5.41, 5.74) is 3.51. The number of carbonyl (C=O) groups is 1. The van der Waals surface area contributed by atoms with E-state index in [2.05, 4.69) is 26.5 Å². The molecule has 25 heavy (non-hydrogen) atoms. The van der Waals surface area contributed by atoms with Crippen LogP contribution in [-0.4, -0.2) is 31.7 Å². The predicted octanol–water partition coefficient (Wildman–Crippen LogP) is 2.52. The molecule has 1 N–H and O–H groups in total. The van der Waals surface area contributed by atoms with Gasteiger partial charge in [-0.15, -0.1) is 5.10 Å². The monoisotopic (exact) mass is 352 g/mol. The summed E-state index contributed by atoms with van der Waals surface area (Å²) >= 11 is 1.45. The summed E-state index contributed by atoms with van der Waals surface area (Å²) in [6.07, 6.45) is 2.08. The second kappa shape index (κ2) is 6.91. The maximum Gasteiger partial charge on any atom is 0.253 e. The lowest BCUT2D eigenvalue weighted by Crippen LogP contribution is -2.17. The van der Waals surface area contributed by atoms with Crippen molar-refractivity contribution in [1.82, 2.24) is 19.6 Å². The van der Waals surface area contributed by atoms with Crippen LogP contribution in [0.3, 0.4) is 0 Å². The number of carbonyl (C=O) groups excluding carboxylic acids is 1. The topological polar surface area (TPSA) is 96.0 Å². The Hall–Kier alpha value is -2.92. The molecule has 1 amide bonds. The van der Waals surface area contributed by atoms with E-state index in [4.69, 9.17) is 5.26 Å². The van der Waals surface area contributed by atoms with Crippen LogP contribution in [0.5, 0.6) is 0 Å². The zero-order chi connectivity index (χ0) is 18.0. The quantitative estimate of drug-likeness (QED) is 0.725. The summed E-state index contributed by atoms with van der Waals surface area (Å²) < 4.78 is 1.66. The second-order valence-corrected chi connectivity index (χ2v) is 6.26. The number of hydrogen-bond acceptors (Lipinski definition) is 6. The van der Waals surface area contributed by atoms with E-state index in [-0.39, 0.29) is 12.3 Å². The molecule has 1 aromatic carbocycles. The van der Waals surface area contributed by atoms with Crippen LogP contribution in [0.4, 0.5) is 5.69 Å². The molecule has 0 saturated carbocycles. The van der Waals surface area contributed by atoms with Gasteiger partial charge in [0.1, 0.15) is 0 Å². The fourth-order valence-corrected chi connectivity index (χ4v) is 2.90. The van der Waals surface area contributed by atoms with Crippen molar-refractivity contribution in [1.29, 1.82) is 5.26 Å². The van der Waals surface area contributed by atoms with Crippen LogP contribution >= 0.6 is 11.8 Å². The maximum absolute atomic E-state index is 12.4. The molecule has 8 heteroatoms. The largest absolute Gasteiger partial charge is 0.326 e. The Morgan fingerprint density at radius 3 is 2.88 bits per heavy atom. The molecular weight excluding hydrogens is 336 g/mol. The number of fused-ring (bicyclic) bond motifs is 1. The lowest BCUT2D eigenvalue weighted by molar-refractivity contribution is -0.115. The van der Waals surface area contributed by atoms with Crippen LogP contribution in [0, 0.1) is 25.2 Å². The molecule has 0 bridgehead atoms. The first-order chi connectivity index (χ1) is 12.0. The van der Waals surface area contributed by atoms with Gasteiger partial charge >= 0.3 is 0 Å². The Morgan fingerprint density at radius 2 is 2.16 bits per heavy atom. The molecule has 0 spiro atoms. The van der Waals surface area contributed by atoms with Gasteiger partial charge in [0.25, 0.3) is 5.78 Å². The molecule has 3 rings (SSSR count). The Balaban J connectivity index is 1.86. The number of rotatable bonds is 4. The number of nitriles is 1. The van der Waals surface area contributed by atoms with Gasteiger partial charge in [-0.2, -0.15) is 10.2 Å². The van der Waals surface area contributed by atoms with Gasteiger partial charge in [0.15, 0.2) is 0 Å². The van der Waals surface area contributed by atoms with Crippen LogP contribution in [0.25, 0.3) is 5.78 Å². The Labute approximate surface area is 149 Å². The van der Waals surface area contributed by atoms with Crippen molar-refractivity contribution in [2.75, 3.05) is 11.6 Å². The highest BCUT2D eigenvalue weighted by Crippen LogP contribution is 2.18. The molecule has 0 radical (unpaired) electrons. The average molecular weight is 352 g/mol. The standard InChI is InChI=1S/C17H16N6OS/c1-10-14(11(2)23-16(19-10)21-17(22-23)25-3)8-15(24)20-13-6-4-5-12(7-13)9-18/h4-7H,8H2,1-3H3,(H,20,24). The molecular formula is C17H16N6OS. The molecule has 0 aliphatic carbocycles. The number of thioether (sulfide) groups is 1. The highest BCUT2D eigenvalue weighted by atomic mass is 32.2. The zero-order valence-electron chi connectivity index (χ0n) is 14.1. The molecule has 0 aliphatic rings. The number of nitrogens with one attached hydrogen (secondary N) is 1. The Kier molecular flexibility index (Phi) is 4.67. The minimum atomic E-state index is -0.173. The summed E-state index contributed by atoms with van der Waals surface area (Å²) in [7, 11) is 0. The number of hydrogen-bond donors (Lipinski definition) is 1. The fourth-order valence-electron chi connectivity index (χ4n) is 2.56. The molecule has 7 nitrogen and oxygen atoms in total. The minimum absolute atomic E-state index is 0.172. The zero-order valence-corrected chi connectivity index (χ0v) is 14.9. The van der Waals surface area contributed by atoms with E-state index in [1.165, 1.54) is 11.8 Å². The van der Waals surface area contributed by atoms with Crippen molar-refractivity contribution in [3.05, 3.63) is 46.8 Å². The van der Waals surface area contributed by atoms with Crippen LogP contribution in [-0.2, 0) is 11.2 Å². The van der Waals surface area contributed by atoms with E-state index in [0.29, 0.717) is 22.2 Å². The smallest absolute Gasteiger partial charge is 0.253 e. The van der Waals surface area contributed by atoms with Crippen molar-refractivity contribution in [2.45, 2.75) is 25.4 Å². The van der Waals surface area contributed by atoms with Crippen LogP contribution in [0.1, 0.15) is 22.5 Å². The van der Waals surface area contributed by atoms with Gasteiger partial charge in [-0.1, -0.05) is 17.8 Å².